The van der Waals surface area contributed by atoms with Crippen LogP contribution in [0.1, 0.15) is 20.8 Å². The van der Waals surface area contributed by atoms with E-state index >= 15 is 0 Å². The fourth-order valence-corrected chi connectivity index (χ4v) is 1.90. The number of hydrogen-bond donors (Lipinski definition) is 2. The van der Waals surface area contributed by atoms with Crippen LogP contribution in [-0.2, 0) is 11.3 Å². The van der Waals surface area contributed by atoms with Crippen LogP contribution in [0.3, 0.4) is 0 Å². The molecule has 1 heterocycles. The number of carbonyl (C=O) groups excluding carboxylic acids is 1. The Morgan fingerprint density at radius 2 is 2.16 bits per heavy atom. The van der Waals surface area contributed by atoms with E-state index < -0.39 is 5.82 Å². The normalized spacial score (nSPS) is 11.8. The Hall–Kier alpha value is -2.11. The van der Waals surface area contributed by atoms with E-state index in [1.165, 1.54) is 10.6 Å². The molecule has 6 heteroatoms. The van der Waals surface area contributed by atoms with Gasteiger partial charge in [0.1, 0.15) is 12.1 Å². The van der Waals surface area contributed by atoms with Crippen LogP contribution in [0.4, 0.5) is 10.3 Å². The Kier molecular flexibility index (Phi) is 3.18. The minimum absolute atomic E-state index is 0.0169. The van der Waals surface area contributed by atoms with Gasteiger partial charge >= 0.3 is 0 Å². The monoisotopic (exact) mass is 264 g/mol. The van der Waals surface area contributed by atoms with Gasteiger partial charge in [-0.2, -0.15) is 0 Å². The zero-order valence-electron chi connectivity index (χ0n) is 11.2. The van der Waals surface area contributed by atoms with E-state index in [-0.39, 0.29) is 29.5 Å². The lowest BCUT2D eigenvalue weighted by atomic mass is 10.1. The van der Waals surface area contributed by atoms with E-state index in [1.807, 2.05) is 20.8 Å². The third kappa shape index (κ3) is 2.83. The molecule has 5 nitrogen and oxygen atoms in total. The number of imidazole rings is 1. The number of benzene rings is 1. The van der Waals surface area contributed by atoms with Crippen LogP contribution >= 0.6 is 0 Å². The van der Waals surface area contributed by atoms with Crippen molar-refractivity contribution in [1.82, 2.24) is 14.9 Å². The number of anilines is 1. The first-order valence-electron chi connectivity index (χ1n) is 5.99. The van der Waals surface area contributed by atoms with Gasteiger partial charge in [0.2, 0.25) is 11.9 Å². The van der Waals surface area contributed by atoms with Crippen LogP contribution in [0.2, 0.25) is 0 Å². The number of carbonyl (C=O) groups is 1. The largest absolute Gasteiger partial charge is 0.369 e. The molecule has 1 aromatic carbocycles. The molecule has 0 aliphatic rings. The number of nitrogen functional groups attached to an aromatic ring is 1. The SMILES string of the molecule is CC(C)(C)NC(=O)Cn1c(N)nc2c(F)cccc21. The van der Waals surface area contributed by atoms with Crippen LogP contribution in [0.5, 0.6) is 0 Å². The molecular formula is C13H17FN4O. The summed E-state index contributed by atoms with van der Waals surface area (Å²) < 4.78 is 15.1. The number of halogens is 1. The standard InChI is InChI=1S/C13H17FN4O/c1-13(2,3)17-10(19)7-18-9-6-4-5-8(14)11(9)16-12(18)15/h4-6H,7H2,1-3H3,(H2,15,16)(H,17,19). The highest BCUT2D eigenvalue weighted by Crippen LogP contribution is 2.20. The van der Waals surface area contributed by atoms with E-state index in [1.54, 1.807) is 12.1 Å². The second kappa shape index (κ2) is 4.53. The highest BCUT2D eigenvalue weighted by Gasteiger charge is 2.17. The molecule has 0 aliphatic heterocycles. The summed E-state index contributed by atoms with van der Waals surface area (Å²) in [6.45, 7) is 5.68. The van der Waals surface area contributed by atoms with Crippen molar-refractivity contribution in [1.29, 1.82) is 0 Å². The molecule has 0 spiro atoms. The van der Waals surface area contributed by atoms with Crippen LogP contribution < -0.4 is 11.1 Å². The summed E-state index contributed by atoms with van der Waals surface area (Å²) in [5.74, 6) is -0.508. The molecular weight excluding hydrogens is 247 g/mol. The number of hydrogen-bond acceptors (Lipinski definition) is 3. The van der Waals surface area contributed by atoms with Crippen molar-refractivity contribution in [2.24, 2.45) is 0 Å². The van der Waals surface area contributed by atoms with Gasteiger partial charge < -0.3 is 15.6 Å². The van der Waals surface area contributed by atoms with Crippen molar-refractivity contribution in [3.8, 4) is 0 Å². The maximum atomic E-state index is 13.6. The highest BCUT2D eigenvalue weighted by atomic mass is 19.1. The van der Waals surface area contributed by atoms with Crippen molar-refractivity contribution in [3.05, 3.63) is 24.0 Å². The average molecular weight is 264 g/mol. The van der Waals surface area contributed by atoms with Gasteiger partial charge in [-0.05, 0) is 32.9 Å². The van der Waals surface area contributed by atoms with Crippen LogP contribution in [-0.4, -0.2) is 21.0 Å². The average Bonchev–Trinajstić information content (AvgIpc) is 2.55. The van der Waals surface area contributed by atoms with Gasteiger partial charge in [-0.1, -0.05) is 6.07 Å². The summed E-state index contributed by atoms with van der Waals surface area (Å²) in [7, 11) is 0. The Balaban J connectivity index is 2.33. The van der Waals surface area contributed by atoms with Gasteiger partial charge in [-0.25, -0.2) is 9.37 Å². The lowest BCUT2D eigenvalue weighted by molar-refractivity contribution is -0.122. The van der Waals surface area contributed by atoms with Crippen molar-refractivity contribution in [3.63, 3.8) is 0 Å². The zero-order valence-corrected chi connectivity index (χ0v) is 11.2. The first-order valence-corrected chi connectivity index (χ1v) is 5.99. The molecule has 0 fully saturated rings. The molecule has 2 aromatic rings. The molecule has 1 amide bonds. The van der Waals surface area contributed by atoms with E-state index in [9.17, 15) is 9.18 Å². The smallest absolute Gasteiger partial charge is 0.240 e. The third-order valence-electron chi connectivity index (χ3n) is 2.58. The van der Waals surface area contributed by atoms with Gasteiger partial charge in [0.25, 0.3) is 0 Å². The minimum atomic E-state index is -0.445. The minimum Gasteiger partial charge on any atom is -0.369 e. The van der Waals surface area contributed by atoms with Crippen molar-refractivity contribution in [2.75, 3.05) is 5.73 Å². The van der Waals surface area contributed by atoms with Crippen LogP contribution in [0.15, 0.2) is 18.2 Å². The first-order chi connectivity index (χ1) is 8.78. The Bertz CT molecular complexity index is 627. The predicted molar refractivity (Wildman–Crippen MR) is 72.0 cm³/mol. The van der Waals surface area contributed by atoms with Gasteiger partial charge in [-0.15, -0.1) is 0 Å². The van der Waals surface area contributed by atoms with Crippen LogP contribution in [0.25, 0.3) is 11.0 Å². The van der Waals surface area contributed by atoms with Crippen molar-refractivity contribution < 1.29 is 9.18 Å². The number of nitrogens with two attached hydrogens (primary N) is 1. The summed E-state index contributed by atoms with van der Waals surface area (Å²) in [6, 6.07) is 4.57. The third-order valence-corrected chi connectivity index (χ3v) is 2.58. The molecule has 0 aliphatic carbocycles. The Morgan fingerprint density at radius 1 is 1.47 bits per heavy atom. The molecule has 0 radical (unpaired) electrons. The molecule has 0 saturated heterocycles. The maximum Gasteiger partial charge on any atom is 0.240 e. The molecule has 2 rings (SSSR count). The van der Waals surface area contributed by atoms with Crippen molar-refractivity contribution >= 4 is 22.9 Å². The summed E-state index contributed by atoms with van der Waals surface area (Å²) in [5, 5.41) is 2.83. The number of fused-ring (bicyclic) bond motifs is 1. The molecule has 0 atom stereocenters. The molecule has 0 unspecified atom stereocenters. The second-order valence-electron chi connectivity index (χ2n) is 5.46. The van der Waals surface area contributed by atoms with Gasteiger partial charge in [0.15, 0.2) is 5.82 Å². The molecule has 1 aromatic heterocycles. The summed E-state index contributed by atoms with van der Waals surface area (Å²) in [5.41, 5.74) is 6.11. The topological polar surface area (TPSA) is 72.9 Å². The number of amides is 1. The van der Waals surface area contributed by atoms with Gasteiger partial charge in [-0.3, -0.25) is 4.79 Å². The Morgan fingerprint density at radius 3 is 2.79 bits per heavy atom. The molecule has 19 heavy (non-hydrogen) atoms. The molecule has 102 valence electrons. The van der Waals surface area contributed by atoms with E-state index in [0.29, 0.717) is 5.52 Å². The number of rotatable bonds is 2. The zero-order chi connectivity index (χ0) is 14.2. The highest BCUT2D eigenvalue weighted by molar-refractivity contribution is 5.83. The summed E-state index contributed by atoms with van der Waals surface area (Å²) in [4.78, 5) is 15.8. The fraction of sp³-hybridized carbons (Fsp3) is 0.385. The van der Waals surface area contributed by atoms with Crippen LogP contribution in [0, 0.1) is 5.82 Å². The lowest BCUT2D eigenvalue weighted by Crippen LogP contribution is -2.42. The quantitative estimate of drug-likeness (QED) is 0.866. The van der Waals surface area contributed by atoms with E-state index in [0.717, 1.165) is 0 Å². The van der Waals surface area contributed by atoms with Gasteiger partial charge in [0.05, 0.1) is 5.52 Å². The molecule has 0 saturated carbocycles. The maximum absolute atomic E-state index is 13.6. The summed E-state index contributed by atoms with van der Waals surface area (Å²) in [6.07, 6.45) is 0. The number of nitrogens with one attached hydrogen (secondary N) is 1. The number of nitrogens with zero attached hydrogens (tertiary/aromatic N) is 2. The number of aromatic nitrogens is 2. The molecule has 3 N–H and O–H groups in total. The second-order valence-corrected chi connectivity index (χ2v) is 5.46. The Labute approximate surface area is 110 Å². The van der Waals surface area contributed by atoms with E-state index in [2.05, 4.69) is 10.3 Å². The first kappa shape index (κ1) is 13.3. The van der Waals surface area contributed by atoms with E-state index in [4.69, 9.17) is 5.73 Å². The number of para-hydroxylation sites is 1. The fourth-order valence-electron chi connectivity index (χ4n) is 1.90. The van der Waals surface area contributed by atoms with Gasteiger partial charge in [0, 0.05) is 5.54 Å². The lowest BCUT2D eigenvalue weighted by Gasteiger charge is -2.20. The predicted octanol–water partition coefficient (Wildman–Crippen LogP) is 1.67. The molecule has 0 bridgehead atoms. The summed E-state index contributed by atoms with van der Waals surface area (Å²) >= 11 is 0. The van der Waals surface area contributed by atoms with Crippen molar-refractivity contribution in [2.45, 2.75) is 32.9 Å².